The van der Waals surface area contributed by atoms with Crippen molar-refractivity contribution in [2.24, 2.45) is 0 Å². The molecule has 0 bridgehead atoms. The van der Waals surface area contributed by atoms with Crippen molar-refractivity contribution in [1.29, 1.82) is 10.8 Å². The van der Waals surface area contributed by atoms with Gasteiger partial charge in [-0.15, -0.1) is 0 Å². The van der Waals surface area contributed by atoms with E-state index >= 15 is 0 Å². The van der Waals surface area contributed by atoms with Crippen LogP contribution in [0.15, 0.2) is 0 Å². The molecular weight excluding hydrogens is 464 g/mol. The Morgan fingerprint density at radius 3 is 1.00 bits per heavy atom. The van der Waals surface area contributed by atoms with Crippen LogP contribution in [0, 0.1) is 10.8 Å². The first-order valence-corrected chi connectivity index (χ1v) is 8.49. The number of halogens is 8. The molecule has 4 N–H and O–H groups in total. The molecule has 8 nitrogen and oxygen atoms in total. The molecule has 0 rings (SSSR count). The highest BCUT2D eigenvalue weighted by molar-refractivity contribution is 6.00. The summed E-state index contributed by atoms with van der Waals surface area (Å²) in [7, 11) is 0. The number of hydrogen-bond donors (Lipinski definition) is 4. The first kappa shape index (κ1) is 29.3. The minimum Gasteiger partial charge on any atom is -0.444 e. The van der Waals surface area contributed by atoms with Crippen molar-refractivity contribution in [2.75, 3.05) is 0 Å². The fourth-order valence-electron chi connectivity index (χ4n) is 1.68. The topological polar surface area (TPSA) is 124 Å². The minimum atomic E-state index is -7.03. The summed E-state index contributed by atoms with van der Waals surface area (Å²) in [6, 6.07) is 0. The maximum absolute atomic E-state index is 13.9. The summed E-state index contributed by atoms with van der Waals surface area (Å²) in [5.74, 6) is -32.6. The van der Waals surface area contributed by atoms with Crippen LogP contribution in [0.4, 0.5) is 44.7 Å². The number of amides is 2. The molecule has 0 aliphatic rings. The SMILES string of the molecule is CC(C)(C)OC(=O)NC(=N)C(F)(F)C(F)(F)C(F)(F)C(F)(F)C(=N)NC(=O)OC(C)(C)C. The largest absolute Gasteiger partial charge is 0.444 e. The summed E-state index contributed by atoms with van der Waals surface area (Å²) >= 11 is 0. The third kappa shape index (κ3) is 6.41. The summed E-state index contributed by atoms with van der Waals surface area (Å²) in [6.07, 6.45) is -3.85. The van der Waals surface area contributed by atoms with Gasteiger partial charge >= 0.3 is 35.9 Å². The van der Waals surface area contributed by atoms with Gasteiger partial charge in [-0.05, 0) is 41.5 Å². The fraction of sp³-hybridized carbons (Fsp3) is 0.750. The van der Waals surface area contributed by atoms with E-state index in [2.05, 4.69) is 9.47 Å². The predicted molar refractivity (Wildman–Crippen MR) is 94.0 cm³/mol. The maximum atomic E-state index is 13.9. The zero-order valence-electron chi connectivity index (χ0n) is 17.7. The molecule has 0 aromatic carbocycles. The Morgan fingerprint density at radius 2 is 0.812 bits per heavy atom. The van der Waals surface area contributed by atoms with E-state index in [0.717, 1.165) is 10.6 Å². The highest BCUT2D eigenvalue weighted by Crippen LogP contribution is 2.52. The quantitative estimate of drug-likeness (QED) is 0.259. The van der Waals surface area contributed by atoms with E-state index in [1.807, 2.05) is 0 Å². The van der Waals surface area contributed by atoms with Crippen molar-refractivity contribution in [1.82, 2.24) is 10.6 Å². The van der Waals surface area contributed by atoms with Gasteiger partial charge in [0.25, 0.3) is 0 Å². The van der Waals surface area contributed by atoms with Gasteiger partial charge in [0.1, 0.15) is 11.2 Å². The Balaban J connectivity index is 5.83. The summed E-state index contributed by atoms with van der Waals surface area (Å²) in [5.41, 5.74) is -2.75. The summed E-state index contributed by atoms with van der Waals surface area (Å²) < 4.78 is 120. The van der Waals surface area contributed by atoms with E-state index in [1.54, 1.807) is 0 Å². The Morgan fingerprint density at radius 1 is 0.594 bits per heavy atom. The van der Waals surface area contributed by atoms with Crippen LogP contribution in [0.3, 0.4) is 0 Å². The Kier molecular flexibility index (Phi) is 7.96. The number of nitrogens with one attached hydrogen (secondary N) is 4. The number of rotatable bonds is 5. The lowest BCUT2D eigenvalue weighted by molar-refractivity contribution is -0.335. The predicted octanol–water partition coefficient (Wildman–Crippen LogP) is 4.53. The standard InChI is InChI=1S/C16H22F8N4O4/c1-11(2,3)31-9(29)27-7(25)13(17,18)15(21,22)16(23,24)14(19,20)8(26)28-10(30)32-12(4,5)6/h1-6H3,(H2,25,27,29)(H2,26,28,30). The second kappa shape index (κ2) is 8.69. The lowest BCUT2D eigenvalue weighted by Gasteiger charge is -2.36. The van der Waals surface area contributed by atoms with Gasteiger partial charge in [-0.2, -0.15) is 35.1 Å². The Bertz CT molecular complexity index is 709. The van der Waals surface area contributed by atoms with Crippen LogP contribution in [0.2, 0.25) is 0 Å². The van der Waals surface area contributed by atoms with Crippen LogP contribution in [-0.4, -0.2) is 58.7 Å². The molecule has 0 saturated heterocycles. The lowest BCUT2D eigenvalue weighted by Crippen LogP contribution is -2.69. The van der Waals surface area contributed by atoms with Crippen molar-refractivity contribution in [2.45, 2.75) is 76.4 Å². The molecule has 32 heavy (non-hydrogen) atoms. The molecule has 0 unspecified atom stereocenters. The second-order valence-corrected chi connectivity index (χ2v) is 8.30. The van der Waals surface area contributed by atoms with E-state index < -0.39 is 58.7 Å². The molecule has 0 aromatic heterocycles. The first-order valence-electron chi connectivity index (χ1n) is 8.49. The third-order valence-electron chi connectivity index (χ3n) is 3.06. The van der Waals surface area contributed by atoms with Crippen LogP contribution in [0.1, 0.15) is 41.5 Å². The van der Waals surface area contributed by atoms with Crippen LogP contribution < -0.4 is 10.6 Å². The summed E-state index contributed by atoms with van der Waals surface area (Å²) in [5, 5.41) is 15.2. The van der Waals surface area contributed by atoms with Crippen molar-refractivity contribution in [3.8, 4) is 0 Å². The minimum absolute atomic E-state index is 0.764. The van der Waals surface area contributed by atoms with E-state index in [9.17, 15) is 44.7 Å². The molecular formula is C16H22F8N4O4. The Hall–Kier alpha value is -2.68. The van der Waals surface area contributed by atoms with Crippen LogP contribution in [0.5, 0.6) is 0 Å². The molecule has 0 spiro atoms. The number of carbonyl (C=O) groups is 2. The zero-order chi connectivity index (χ0) is 26.1. The molecule has 2 amide bonds. The molecule has 0 aliphatic carbocycles. The van der Waals surface area contributed by atoms with E-state index in [4.69, 9.17) is 10.8 Å². The van der Waals surface area contributed by atoms with Crippen molar-refractivity contribution < 1.29 is 54.2 Å². The monoisotopic (exact) mass is 486 g/mol. The molecule has 0 fully saturated rings. The normalized spacial score (nSPS) is 13.8. The van der Waals surface area contributed by atoms with Crippen LogP contribution >= 0.6 is 0 Å². The van der Waals surface area contributed by atoms with E-state index in [0.29, 0.717) is 0 Å². The van der Waals surface area contributed by atoms with Gasteiger partial charge in [0, 0.05) is 0 Å². The molecule has 0 atom stereocenters. The molecule has 0 aliphatic heterocycles. The smallest absolute Gasteiger partial charge is 0.413 e. The third-order valence-corrected chi connectivity index (χ3v) is 3.06. The number of ether oxygens (including phenoxy) is 2. The number of amidine groups is 2. The lowest BCUT2D eigenvalue weighted by atomic mass is 9.97. The molecule has 0 saturated carbocycles. The number of alkyl halides is 8. The highest BCUT2D eigenvalue weighted by Gasteiger charge is 2.83. The van der Waals surface area contributed by atoms with Gasteiger partial charge < -0.3 is 9.47 Å². The first-order chi connectivity index (χ1) is 13.8. The molecule has 0 radical (unpaired) electrons. The van der Waals surface area contributed by atoms with Crippen molar-refractivity contribution >= 4 is 23.9 Å². The van der Waals surface area contributed by atoms with Gasteiger partial charge in [0.15, 0.2) is 11.7 Å². The van der Waals surface area contributed by atoms with Gasteiger partial charge in [-0.1, -0.05) is 0 Å². The van der Waals surface area contributed by atoms with Crippen molar-refractivity contribution in [3.63, 3.8) is 0 Å². The zero-order valence-corrected chi connectivity index (χ0v) is 17.7. The summed E-state index contributed by atoms with van der Waals surface area (Å²) in [6.45, 7) is 7.26. The molecule has 0 heterocycles. The van der Waals surface area contributed by atoms with Gasteiger partial charge in [0.2, 0.25) is 0 Å². The van der Waals surface area contributed by atoms with Gasteiger partial charge in [-0.3, -0.25) is 21.5 Å². The Labute approximate surface area is 177 Å². The summed E-state index contributed by atoms with van der Waals surface area (Å²) in [4.78, 5) is 22.7. The molecule has 16 heteroatoms. The average Bonchev–Trinajstić information content (AvgIpc) is 2.49. The second-order valence-electron chi connectivity index (χ2n) is 8.30. The van der Waals surface area contributed by atoms with Crippen LogP contribution in [0.25, 0.3) is 0 Å². The van der Waals surface area contributed by atoms with E-state index in [-0.39, 0.29) is 0 Å². The fourth-order valence-corrected chi connectivity index (χ4v) is 1.68. The van der Waals surface area contributed by atoms with Gasteiger partial charge in [-0.25, -0.2) is 9.59 Å². The van der Waals surface area contributed by atoms with Gasteiger partial charge in [0.05, 0.1) is 0 Å². The molecule has 0 aromatic rings. The van der Waals surface area contributed by atoms with E-state index in [1.165, 1.54) is 41.5 Å². The van der Waals surface area contributed by atoms with Crippen LogP contribution in [-0.2, 0) is 9.47 Å². The number of alkyl carbamates (subject to hydrolysis) is 2. The molecule has 186 valence electrons. The van der Waals surface area contributed by atoms with Crippen molar-refractivity contribution in [3.05, 3.63) is 0 Å². The number of hydrogen-bond acceptors (Lipinski definition) is 6. The number of carbonyl (C=O) groups excluding carboxylic acids is 2. The average molecular weight is 486 g/mol. The maximum Gasteiger partial charge on any atom is 0.413 e. The highest BCUT2D eigenvalue weighted by atomic mass is 19.4.